The van der Waals surface area contributed by atoms with Gasteiger partial charge in [-0.3, -0.25) is 9.59 Å². The van der Waals surface area contributed by atoms with Gasteiger partial charge in [-0.05, 0) is 17.7 Å². The van der Waals surface area contributed by atoms with E-state index in [9.17, 15) is 9.59 Å². The maximum atomic E-state index is 12.9. The summed E-state index contributed by atoms with van der Waals surface area (Å²) in [6.07, 6.45) is 4.39. The average Bonchev–Trinajstić information content (AvgIpc) is 3.28. The van der Waals surface area contributed by atoms with Crippen molar-refractivity contribution in [3.63, 3.8) is 0 Å². The Morgan fingerprint density at radius 3 is 2.36 bits per heavy atom. The van der Waals surface area contributed by atoms with E-state index in [1.807, 2.05) is 60.7 Å². The van der Waals surface area contributed by atoms with Gasteiger partial charge in [-0.15, -0.1) is 0 Å². The minimum absolute atomic E-state index is 0.139. The molecule has 0 unspecified atom stereocenters. The number of para-hydroxylation sites is 1. The van der Waals surface area contributed by atoms with Crippen LogP contribution in [-0.4, -0.2) is 37.6 Å². The number of thioether (sulfide) groups is 1. The minimum atomic E-state index is -1.38. The van der Waals surface area contributed by atoms with Crippen LogP contribution < -0.4 is 4.90 Å². The number of fused-ring (bicyclic) bond motifs is 3. The van der Waals surface area contributed by atoms with E-state index in [1.165, 1.54) is 26.0 Å². The maximum absolute atomic E-state index is 12.9. The first-order valence-electron chi connectivity index (χ1n) is 9.06. The lowest BCUT2D eigenvalue weighted by atomic mass is 9.85. The lowest BCUT2D eigenvalue weighted by molar-refractivity contribution is -0.168. The molecule has 0 N–H and O–H groups in total. The van der Waals surface area contributed by atoms with E-state index in [2.05, 4.69) is 11.0 Å². The van der Waals surface area contributed by atoms with Crippen molar-refractivity contribution >= 4 is 35.5 Å². The summed E-state index contributed by atoms with van der Waals surface area (Å²) in [5.41, 5.74) is 0.710. The van der Waals surface area contributed by atoms with Crippen LogP contribution in [0.1, 0.15) is 12.0 Å². The van der Waals surface area contributed by atoms with Crippen LogP contribution in [0, 0.1) is 5.41 Å². The first kappa shape index (κ1) is 18.6. The van der Waals surface area contributed by atoms with Crippen LogP contribution in [0.15, 0.2) is 65.6 Å². The molecule has 1 saturated heterocycles. The predicted molar refractivity (Wildman–Crippen MR) is 109 cm³/mol. The standard InChI is InChI=1S/C22H21NO4S/c1-26-20(24)22(21(25)27-2)14-16(13-12-15-8-4-3-5-9-15)23-17-10-6-7-11-18(17)28-19(22)23/h3-13,16,19H,14H2,1-2H3/b13-12+/t16-,19-/m1/s1. The monoisotopic (exact) mass is 395 g/mol. The summed E-state index contributed by atoms with van der Waals surface area (Å²) >= 11 is 1.52. The number of anilines is 1. The number of esters is 2. The number of hydrogen-bond acceptors (Lipinski definition) is 6. The van der Waals surface area contributed by atoms with Gasteiger partial charge in [0.15, 0.2) is 5.41 Å². The second-order valence-corrected chi connectivity index (χ2v) is 7.96. The van der Waals surface area contributed by atoms with E-state index in [1.54, 1.807) is 0 Å². The SMILES string of the molecule is COC(=O)C1(C(=O)OC)C[C@@H](/C=C/c2ccccc2)N2c3ccccc3S[C@@H]21. The molecule has 5 nitrogen and oxygen atoms in total. The lowest BCUT2D eigenvalue weighted by Crippen LogP contribution is -2.48. The zero-order valence-electron chi connectivity index (χ0n) is 15.7. The number of carbonyl (C=O) groups excluding carboxylic acids is 2. The highest BCUT2D eigenvalue weighted by Gasteiger charge is 2.65. The quantitative estimate of drug-likeness (QED) is 0.581. The summed E-state index contributed by atoms with van der Waals surface area (Å²) in [7, 11) is 2.63. The van der Waals surface area contributed by atoms with Gasteiger partial charge in [0.05, 0.1) is 25.9 Å². The van der Waals surface area contributed by atoms with E-state index in [-0.39, 0.29) is 6.04 Å². The molecule has 2 atom stereocenters. The molecule has 0 saturated carbocycles. The van der Waals surface area contributed by atoms with Crippen molar-refractivity contribution in [3.8, 4) is 0 Å². The van der Waals surface area contributed by atoms with Crippen LogP contribution in [0.2, 0.25) is 0 Å². The van der Waals surface area contributed by atoms with Gasteiger partial charge in [0.25, 0.3) is 0 Å². The van der Waals surface area contributed by atoms with Gasteiger partial charge in [0.1, 0.15) is 5.37 Å². The van der Waals surface area contributed by atoms with Crippen LogP contribution in [0.4, 0.5) is 5.69 Å². The second kappa shape index (κ2) is 7.36. The van der Waals surface area contributed by atoms with Crippen molar-refractivity contribution in [1.82, 2.24) is 0 Å². The first-order chi connectivity index (χ1) is 13.6. The summed E-state index contributed by atoms with van der Waals surface area (Å²) in [6, 6.07) is 17.8. The van der Waals surface area contributed by atoms with Gasteiger partial charge in [0.2, 0.25) is 0 Å². The highest BCUT2D eigenvalue weighted by molar-refractivity contribution is 8.00. The van der Waals surface area contributed by atoms with Gasteiger partial charge in [-0.25, -0.2) is 0 Å². The summed E-state index contributed by atoms with van der Waals surface area (Å²) in [5.74, 6) is -1.10. The molecule has 1 fully saturated rings. The number of ether oxygens (including phenoxy) is 2. The van der Waals surface area contributed by atoms with Crippen molar-refractivity contribution < 1.29 is 19.1 Å². The van der Waals surface area contributed by atoms with Crippen molar-refractivity contribution in [1.29, 1.82) is 0 Å². The third-order valence-electron chi connectivity index (χ3n) is 5.35. The first-order valence-corrected chi connectivity index (χ1v) is 9.94. The Labute approximate surface area is 168 Å². The molecule has 2 aromatic rings. The Morgan fingerprint density at radius 1 is 1.04 bits per heavy atom. The molecule has 28 heavy (non-hydrogen) atoms. The van der Waals surface area contributed by atoms with Crippen LogP contribution in [0.25, 0.3) is 6.08 Å². The summed E-state index contributed by atoms with van der Waals surface area (Å²) < 4.78 is 10.1. The van der Waals surface area contributed by atoms with Gasteiger partial charge >= 0.3 is 11.9 Å². The maximum Gasteiger partial charge on any atom is 0.326 e. The third-order valence-corrected chi connectivity index (χ3v) is 6.81. The average molecular weight is 395 g/mol. The highest BCUT2D eigenvalue weighted by atomic mass is 32.2. The fourth-order valence-corrected chi connectivity index (χ4v) is 5.62. The summed E-state index contributed by atoms with van der Waals surface area (Å²) in [4.78, 5) is 28.9. The van der Waals surface area contributed by atoms with E-state index < -0.39 is 22.7 Å². The Bertz CT molecular complexity index is 911. The summed E-state index contributed by atoms with van der Waals surface area (Å²) in [5, 5.41) is -0.407. The largest absolute Gasteiger partial charge is 0.468 e. The van der Waals surface area contributed by atoms with Crippen LogP contribution in [-0.2, 0) is 19.1 Å². The Balaban J connectivity index is 1.79. The van der Waals surface area contributed by atoms with E-state index in [0.29, 0.717) is 6.42 Å². The molecule has 0 aliphatic carbocycles. The normalized spacial score (nSPS) is 22.0. The lowest BCUT2D eigenvalue weighted by Gasteiger charge is -2.29. The zero-order chi connectivity index (χ0) is 19.7. The van der Waals surface area contributed by atoms with Gasteiger partial charge in [-0.2, -0.15) is 0 Å². The van der Waals surface area contributed by atoms with Crippen molar-refractivity contribution in [2.24, 2.45) is 5.41 Å². The molecule has 0 bridgehead atoms. The van der Waals surface area contributed by atoms with E-state index in [0.717, 1.165) is 16.1 Å². The number of hydrogen-bond donors (Lipinski definition) is 0. The molecular weight excluding hydrogens is 374 g/mol. The smallest absolute Gasteiger partial charge is 0.326 e. The Hall–Kier alpha value is -2.73. The molecule has 2 heterocycles. The molecule has 144 valence electrons. The molecule has 0 aromatic heterocycles. The molecule has 0 radical (unpaired) electrons. The molecule has 6 heteroatoms. The third kappa shape index (κ3) is 2.79. The molecule has 2 aromatic carbocycles. The van der Waals surface area contributed by atoms with Crippen molar-refractivity contribution in [3.05, 3.63) is 66.2 Å². The van der Waals surface area contributed by atoms with Crippen molar-refractivity contribution in [2.45, 2.75) is 22.7 Å². The van der Waals surface area contributed by atoms with Crippen LogP contribution >= 0.6 is 11.8 Å². The van der Waals surface area contributed by atoms with Gasteiger partial charge in [-0.1, -0.05) is 66.4 Å². The van der Waals surface area contributed by atoms with Crippen LogP contribution in [0.5, 0.6) is 0 Å². The molecule has 2 aliphatic rings. The topological polar surface area (TPSA) is 55.8 Å². The number of nitrogens with zero attached hydrogens (tertiary/aromatic N) is 1. The van der Waals surface area contributed by atoms with Gasteiger partial charge in [0, 0.05) is 11.3 Å². The number of methoxy groups -OCH3 is 2. The molecule has 0 amide bonds. The van der Waals surface area contributed by atoms with E-state index in [4.69, 9.17) is 9.47 Å². The molecule has 2 aliphatic heterocycles. The minimum Gasteiger partial charge on any atom is -0.468 e. The fourth-order valence-electron chi connectivity index (χ4n) is 4.06. The number of rotatable bonds is 4. The number of benzene rings is 2. The van der Waals surface area contributed by atoms with Crippen LogP contribution in [0.3, 0.4) is 0 Å². The Morgan fingerprint density at radius 2 is 1.68 bits per heavy atom. The predicted octanol–water partition coefficient (Wildman–Crippen LogP) is 3.74. The zero-order valence-corrected chi connectivity index (χ0v) is 16.5. The Kier molecular flexibility index (Phi) is 4.89. The fraction of sp³-hybridized carbons (Fsp3) is 0.273. The molecule has 0 spiro atoms. The second-order valence-electron chi connectivity index (χ2n) is 6.84. The number of carbonyl (C=O) groups is 2. The van der Waals surface area contributed by atoms with E-state index >= 15 is 0 Å². The molecule has 4 rings (SSSR count). The molecular formula is C22H21NO4S. The summed E-state index contributed by atoms with van der Waals surface area (Å²) in [6.45, 7) is 0. The van der Waals surface area contributed by atoms with Gasteiger partial charge < -0.3 is 14.4 Å². The highest BCUT2D eigenvalue weighted by Crippen LogP contribution is 2.58. The van der Waals surface area contributed by atoms with Crippen molar-refractivity contribution in [2.75, 3.05) is 19.1 Å².